The maximum absolute atomic E-state index is 12.9. The average molecular weight is 345 g/mol. The highest BCUT2D eigenvalue weighted by molar-refractivity contribution is 5.79. The minimum atomic E-state index is -0.108. The van der Waals surface area contributed by atoms with Gasteiger partial charge in [0, 0.05) is 7.05 Å². The molecule has 3 rings (SSSR count). The van der Waals surface area contributed by atoms with Gasteiger partial charge in [-0.3, -0.25) is 4.79 Å². The zero-order valence-corrected chi connectivity index (χ0v) is 15.1. The van der Waals surface area contributed by atoms with Gasteiger partial charge in [0.15, 0.2) is 0 Å². The van der Waals surface area contributed by atoms with Gasteiger partial charge in [-0.1, -0.05) is 72.8 Å². The molecular formula is C23H23NO2. The van der Waals surface area contributed by atoms with Gasteiger partial charge in [0.2, 0.25) is 5.91 Å². The van der Waals surface area contributed by atoms with Crippen LogP contribution in [0.1, 0.15) is 22.7 Å². The van der Waals surface area contributed by atoms with Crippen LogP contribution in [0.4, 0.5) is 0 Å². The van der Waals surface area contributed by atoms with Crippen molar-refractivity contribution < 1.29 is 9.53 Å². The molecule has 0 radical (unpaired) electrons. The summed E-state index contributed by atoms with van der Waals surface area (Å²) in [5.41, 5.74) is 3.18. The van der Waals surface area contributed by atoms with E-state index in [0.717, 1.165) is 22.4 Å². The van der Waals surface area contributed by atoms with Crippen LogP contribution >= 0.6 is 0 Å². The summed E-state index contributed by atoms with van der Waals surface area (Å²) in [6, 6.07) is 27.8. The minimum absolute atomic E-state index is 0.0767. The van der Waals surface area contributed by atoms with E-state index >= 15 is 0 Å². The van der Waals surface area contributed by atoms with Crippen LogP contribution < -0.4 is 4.74 Å². The fourth-order valence-corrected chi connectivity index (χ4v) is 3.10. The smallest absolute Gasteiger partial charge is 0.227 e. The maximum Gasteiger partial charge on any atom is 0.227 e. The Balaban J connectivity index is 1.84. The molecular weight excluding hydrogens is 322 g/mol. The lowest BCUT2D eigenvalue weighted by Crippen LogP contribution is -2.33. The summed E-state index contributed by atoms with van der Waals surface area (Å²) < 4.78 is 5.18. The highest BCUT2D eigenvalue weighted by Crippen LogP contribution is 2.28. The number of carbonyl (C=O) groups is 1. The number of carbonyl (C=O) groups excluding carboxylic acids is 1. The molecule has 0 aliphatic rings. The van der Waals surface area contributed by atoms with Crippen molar-refractivity contribution in [1.29, 1.82) is 0 Å². The van der Waals surface area contributed by atoms with E-state index in [2.05, 4.69) is 24.3 Å². The van der Waals surface area contributed by atoms with Crippen molar-refractivity contribution in [2.45, 2.75) is 12.5 Å². The van der Waals surface area contributed by atoms with Crippen LogP contribution in [-0.2, 0) is 11.2 Å². The van der Waals surface area contributed by atoms with E-state index in [-0.39, 0.29) is 11.9 Å². The van der Waals surface area contributed by atoms with Gasteiger partial charge in [0.05, 0.1) is 19.6 Å². The van der Waals surface area contributed by atoms with E-state index in [1.807, 2.05) is 72.6 Å². The minimum Gasteiger partial charge on any atom is -0.497 e. The summed E-state index contributed by atoms with van der Waals surface area (Å²) in [6.45, 7) is 0. The van der Waals surface area contributed by atoms with Crippen LogP contribution in [0, 0.1) is 0 Å². The van der Waals surface area contributed by atoms with Crippen LogP contribution in [0.15, 0.2) is 84.9 Å². The largest absolute Gasteiger partial charge is 0.497 e. The normalized spacial score (nSPS) is 10.6. The molecule has 132 valence electrons. The van der Waals surface area contributed by atoms with Crippen molar-refractivity contribution >= 4 is 5.91 Å². The number of likely N-dealkylation sites (N-methyl/N-ethyl adjacent to an activating group) is 1. The molecule has 0 bridgehead atoms. The number of benzene rings is 3. The molecule has 0 saturated carbocycles. The Labute approximate surface area is 154 Å². The quantitative estimate of drug-likeness (QED) is 0.659. The van der Waals surface area contributed by atoms with Crippen molar-refractivity contribution in [2.75, 3.05) is 14.2 Å². The molecule has 0 aromatic heterocycles. The van der Waals surface area contributed by atoms with E-state index in [0.29, 0.717) is 6.42 Å². The van der Waals surface area contributed by atoms with Gasteiger partial charge in [-0.25, -0.2) is 0 Å². The standard InChI is InChI=1S/C23H23NO2/c1-24(22(25)17-18-13-15-21(26-2)16-14-18)23(19-9-5-3-6-10-19)20-11-7-4-8-12-20/h3-16,23H,17H2,1-2H3. The lowest BCUT2D eigenvalue weighted by molar-refractivity contribution is -0.130. The van der Waals surface area contributed by atoms with Crippen molar-refractivity contribution in [2.24, 2.45) is 0 Å². The predicted octanol–water partition coefficient (Wildman–Crippen LogP) is 4.49. The zero-order valence-electron chi connectivity index (χ0n) is 15.1. The number of nitrogens with zero attached hydrogens (tertiary/aromatic N) is 1. The molecule has 0 saturated heterocycles. The van der Waals surface area contributed by atoms with Crippen molar-refractivity contribution in [3.8, 4) is 5.75 Å². The van der Waals surface area contributed by atoms with Gasteiger partial charge >= 0.3 is 0 Å². The second-order valence-corrected chi connectivity index (χ2v) is 6.25. The number of methoxy groups -OCH3 is 1. The second kappa shape index (κ2) is 8.34. The summed E-state index contributed by atoms with van der Waals surface area (Å²) in [5.74, 6) is 0.869. The van der Waals surface area contributed by atoms with E-state index in [4.69, 9.17) is 4.74 Å². The van der Waals surface area contributed by atoms with Crippen LogP contribution in [-0.4, -0.2) is 25.0 Å². The summed E-state index contributed by atoms with van der Waals surface area (Å²) in [6.07, 6.45) is 0.358. The van der Waals surface area contributed by atoms with Gasteiger partial charge in [-0.15, -0.1) is 0 Å². The third kappa shape index (κ3) is 4.12. The summed E-state index contributed by atoms with van der Waals surface area (Å²) in [4.78, 5) is 14.8. The highest BCUT2D eigenvalue weighted by atomic mass is 16.5. The van der Waals surface area contributed by atoms with Crippen LogP contribution in [0.3, 0.4) is 0 Å². The molecule has 3 aromatic carbocycles. The number of hydrogen-bond donors (Lipinski definition) is 0. The Morgan fingerprint density at radius 1 is 0.846 bits per heavy atom. The lowest BCUT2D eigenvalue weighted by atomic mass is 9.97. The Morgan fingerprint density at radius 3 is 1.81 bits per heavy atom. The first kappa shape index (κ1) is 17.7. The number of ether oxygens (including phenoxy) is 1. The Morgan fingerprint density at radius 2 is 1.35 bits per heavy atom. The molecule has 3 aromatic rings. The first-order chi connectivity index (χ1) is 12.7. The molecule has 0 atom stereocenters. The van der Waals surface area contributed by atoms with Gasteiger partial charge in [0.25, 0.3) is 0 Å². The topological polar surface area (TPSA) is 29.5 Å². The molecule has 0 aliphatic carbocycles. The van der Waals surface area contributed by atoms with Crippen LogP contribution in [0.25, 0.3) is 0 Å². The number of rotatable bonds is 6. The summed E-state index contributed by atoms with van der Waals surface area (Å²) in [7, 11) is 3.51. The number of amides is 1. The fraction of sp³-hybridized carbons (Fsp3) is 0.174. The SMILES string of the molecule is COc1ccc(CC(=O)N(C)C(c2ccccc2)c2ccccc2)cc1. The molecule has 0 spiro atoms. The Hall–Kier alpha value is -3.07. The zero-order chi connectivity index (χ0) is 18.4. The third-order valence-corrected chi connectivity index (χ3v) is 4.53. The van der Waals surface area contributed by atoms with Crippen LogP contribution in [0.5, 0.6) is 5.75 Å². The van der Waals surface area contributed by atoms with E-state index in [9.17, 15) is 4.79 Å². The van der Waals surface area contributed by atoms with Crippen molar-refractivity contribution in [1.82, 2.24) is 4.90 Å². The molecule has 3 heteroatoms. The van der Waals surface area contributed by atoms with Gasteiger partial charge in [0.1, 0.15) is 5.75 Å². The van der Waals surface area contributed by atoms with Gasteiger partial charge in [-0.2, -0.15) is 0 Å². The monoisotopic (exact) mass is 345 g/mol. The molecule has 0 N–H and O–H groups in total. The van der Waals surface area contributed by atoms with Gasteiger partial charge < -0.3 is 9.64 Å². The Bertz CT molecular complexity index is 790. The molecule has 0 unspecified atom stereocenters. The van der Waals surface area contributed by atoms with Crippen molar-refractivity contribution in [3.05, 3.63) is 102 Å². The van der Waals surface area contributed by atoms with E-state index in [1.54, 1.807) is 7.11 Å². The first-order valence-electron chi connectivity index (χ1n) is 8.67. The Kier molecular flexibility index (Phi) is 5.69. The van der Waals surface area contributed by atoms with Crippen molar-refractivity contribution in [3.63, 3.8) is 0 Å². The van der Waals surface area contributed by atoms with Crippen LogP contribution in [0.2, 0.25) is 0 Å². The second-order valence-electron chi connectivity index (χ2n) is 6.25. The highest BCUT2D eigenvalue weighted by Gasteiger charge is 2.23. The van der Waals surface area contributed by atoms with E-state index < -0.39 is 0 Å². The summed E-state index contributed by atoms with van der Waals surface area (Å²) >= 11 is 0. The molecule has 0 fully saturated rings. The number of hydrogen-bond acceptors (Lipinski definition) is 2. The maximum atomic E-state index is 12.9. The average Bonchev–Trinajstić information content (AvgIpc) is 2.70. The first-order valence-corrected chi connectivity index (χ1v) is 8.67. The lowest BCUT2D eigenvalue weighted by Gasteiger charge is -2.29. The van der Waals surface area contributed by atoms with E-state index in [1.165, 1.54) is 0 Å². The predicted molar refractivity (Wildman–Crippen MR) is 104 cm³/mol. The molecule has 26 heavy (non-hydrogen) atoms. The summed E-state index contributed by atoms with van der Waals surface area (Å²) in [5, 5.41) is 0. The molecule has 0 heterocycles. The third-order valence-electron chi connectivity index (χ3n) is 4.53. The fourth-order valence-electron chi connectivity index (χ4n) is 3.10. The van der Waals surface area contributed by atoms with Gasteiger partial charge in [-0.05, 0) is 28.8 Å². The molecule has 0 aliphatic heterocycles. The molecule has 1 amide bonds. The molecule has 3 nitrogen and oxygen atoms in total.